The standard InChI is InChI=1S/C25H31N3O8/c1-32-21-11-17(12-22(33-2)23(21)34-3)24(30)26-18(14-29)25(31)28-8-6-27(7-9-28)13-16-4-5-19-20(10-16)36-15-35-19/h4-5,10-12,18,29H,6-9,13-15H2,1-3H3,(H,26,30)/t18-/m0/s1. The summed E-state index contributed by atoms with van der Waals surface area (Å²) in [7, 11) is 4.37. The molecule has 1 atom stereocenters. The van der Waals surface area contributed by atoms with Crippen LogP contribution in [0.1, 0.15) is 15.9 Å². The fourth-order valence-corrected chi connectivity index (χ4v) is 4.28. The number of aliphatic hydroxyl groups excluding tert-OH is 1. The number of hydrogen-bond acceptors (Lipinski definition) is 9. The third-order valence-corrected chi connectivity index (χ3v) is 6.24. The zero-order chi connectivity index (χ0) is 25.7. The molecule has 2 aliphatic rings. The predicted octanol–water partition coefficient (Wildman–Crippen LogP) is 0.876. The molecule has 0 aromatic heterocycles. The monoisotopic (exact) mass is 501 g/mol. The Morgan fingerprint density at radius 2 is 1.64 bits per heavy atom. The number of carbonyl (C=O) groups excluding carboxylic acids is 2. The lowest BCUT2D eigenvalue weighted by Crippen LogP contribution is -2.55. The number of aliphatic hydroxyl groups is 1. The Balaban J connectivity index is 1.34. The molecule has 1 saturated heterocycles. The molecule has 36 heavy (non-hydrogen) atoms. The highest BCUT2D eigenvalue weighted by Crippen LogP contribution is 2.38. The van der Waals surface area contributed by atoms with E-state index in [9.17, 15) is 14.7 Å². The fraction of sp³-hybridized carbons (Fsp3) is 0.440. The number of fused-ring (bicyclic) bond motifs is 1. The van der Waals surface area contributed by atoms with Gasteiger partial charge in [-0.05, 0) is 29.8 Å². The van der Waals surface area contributed by atoms with Gasteiger partial charge < -0.3 is 39.0 Å². The minimum Gasteiger partial charge on any atom is -0.493 e. The van der Waals surface area contributed by atoms with Crippen molar-refractivity contribution in [1.29, 1.82) is 0 Å². The van der Waals surface area contributed by atoms with Gasteiger partial charge in [-0.25, -0.2) is 0 Å². The summed E-state index contributed by atoms with van der Waals surface area (Å²) >= 11 is 0. The van der Waals surface area contributed by atoms with Crippen molar-refractivity contribution < 1.29 is 38.4 Å². The van der Waals surface area contributed by atoms with Crippen molar-refractivity contribution >= 4 is 11.8 Å². The van der Waals surface area contributed by atoms with Crippen molar-refractivity contribution in [2.24, 2.45) is 0 Å². The van der Waals surface area contributed by atoms with Gasteiger partial charge in [0.05, 0.1) is 27.9 Å². The van der Waals surface area contributed by atoms with Crippen LogP contribution in [0.5, 0.6) is 28.7 Å². The Morgan fingerprint density at radius 3 is 2.25 bits per heavy atom. The van der Waals surface area contributed by atoms with Crippen LogP contribution in [-0.4, -0.2) is 93.7 Å². The lowest BCUT2D eigenvalue weighted by atomic mass is 10.1. The summed E-state index contributed by atoms with van der Waals surface area (Å²) in [6.07, 6.45) is 0. The van der Waals surface area contributed by atoms with Crippen LogP contribution < -0.4 is 29.0 Å². The number of rotatable bonds is 9. The van der Waals surface area contributed by atoms with E-state index in [-0.39, 0.29) is 18.3 Å². The maximum Gasteiger partial charge on any atom is 0.252 e. The average Bonchev–Trinajstić information content (AvgIpc) is 3.38. The second-order valence-corrected chi connectivity index (χ2v) is 8.41. The first-order valence-corrected chi connectivity index (χ1v) is 11.6. The molecule has 0 saturated carbocycles. The summed E-state index contributed by atoms with van der Waals surface area (Å²) in [6, 6.07) is 7.79. The van der Waals surface area contributed by atoms with E-state index >= 15 is 0 Å². The van der Waals surface area contributed by atoms with Crippen LogP contribution in [0.15, 0.2) is 30.3 Å². The molecule has 11 nitrogen and oxygen atoms in total. The van der Waals surface area contributed by atoms with Gasteiger partial charge in [0.2, 0.25) is 18.4 Å². The van der Waals surface area contributed by atoms with Gasteiger partial charge in [0.15, 0.2) is 23.0 Å². The Labute approximate surface area is 209 Å². The lowest BCUT2D eigenvalue weighted by molar-refractivity contribution is -0.136. The molecule has 0 bridgehead atoms. The zero-order valence-electron chi connectivity index (χ0n) is 20.6. The molecule has 1 fully saturated rings. The van der Waals surface area contributed by atoms with E-state index < -0.39 is 18.6 Å². The third kappa shape index (κ3) is 5.42. The van der Waals surface area contributed by atoms with Crippen molar-refractivity contribution in [3.63, 3.8) is 0 Å². The highest BCUT2D eigenvalue weighted by atomic mass is 16.7. The minimum atomic E-state index is -1.07. The van der Waals surface area contributed by atoms with Crippen LogP contribution >= 0.6 is 0 Å². The van der Waals surface area contributed by atoms with Crippen molar-refractivity contribution in [3.05, 3.63) is 41.5 Å². The summed E-state index contributed by atoms with van der Waals surface area (Å²) < 4.78 is 26.7. The molecule has 2 N–H and O–H groups in total. The Bertz CT molecular complexity index is 1080. The molecule has 2 aromatic rings. The topological polar surface area (TPSA) is 119 Å². The van der Waals surface area contributed by atoms with Crippen LogP contribution in [0, 0.1) is 0 Å². The molecule has 0 unspecified atom stereocenters. The number of nitrogens with zero attached hydrogens (tertiary/aromatic N) is 2. The molecular weight excluding hydrogens is 470 g/mol. The van der Waals surface area contributed by atoms with Gasteiger partial charge in [-0.15, -0.1) is 0 Å². The van der Waals surface area contributed by atoms with Gasteiger partial charge in [-0.3, -0.25) is 14.5 Å². The molecular formula is C25H31N3O8. The molecule has 0 spiro atoms. The number of methoxy groups -OCH3 is 3. The summed E-state index contributed by atoms with van der Waals surface area (Å²) in [4.78, 5) is 29.9. The van der Waals surface area contributed by atoms with Crippen LogP contribution in [-0.2, 0) is 11.3 Å². The van der Waals surface area contributed by atoms with E-state index in [1.165, 1.54) is 33.5 Å². The molecule has 11 heteroatoms. The van der Waals surface area contributed by atoms with E-state index in [0.717, 1.165) is 23.6 Å². The lowest BCUT2D eigenvalue weighted by Gasteiger charge is -2.36. The fourth-order valence-electron chi connectivity index (χ4n) is 4.28. The first-order valence-electron chi connectivity index (χ1n) is 11.6. The third-order valence-electron chi connectivity index (χ3n) is 6.24. The normalized spacial score (nSPS) is 15.8. The van der Waals surface area contributed by atoms with E-state index in [0.29, 0.717) is 43.4 Å². The van der Waals surface area contributed by atoms with Gasteiger partial charge >= 0.3 is 0 Å². The van der Waals surface area contributed by atoms with E-state index in [4.69, 9.17) is 23.7 Å². The molecule has 0 radical (unpaired) electrons. The zero-order valence-corrected chi connectivity index (χ0v) is 20.6. The molecule has 4 rings (SSSR count). The van der Waals surface area contributed by atoms with Crippen LogP contribution in [0.25, 0.3) is 0 Å². The molecule has 194 valence electrons. The number of ether oxygens (including phenoxy) is 5. The number of hydrogen-bond donors (Lipinski definition) is 2. The van der Waals surface area contributed by atoms with Gasteiger partial charge in [-0.2, -0.15) is 0 Å². The Kier molecular flexibility index (Phi) is 8.01. The number of piperazine rings is 1. The largest absolute Gasteiger partial charge is 0.493 e. The second kappa shape index (κ2) is 11.4. The molecule has 2 heterocycles. The summed E-state index contributed by atoms with van der Waals surface area (Å²) in [6.45, 7) is 2.74. The van der Waals surface area contributed by atoms with Gasteiger partial charge in [-0.1, -0.05) is 6.07 Å². The summed E-state index contributed by atoms with van der Waals surface area (Å²) in [5.74, 6) is 1.60. The van der Waals surface area contributed by atoms with Gasteiger partial charge in [0.1, 0.15) is 6.04 Å². The van der Waals surface area contributed by atoms with Crippen LogP contribution in [0.4, 0.5) is 0 Å². The second-order valence-electron chi connectivity index (χ2n) is 8.41. The predicted molar refractivity (Wildman–Crippen MR) is 129 cm³/mol. The SMILES string of the molecule is COc1cc(C(=O)N[C@@H](CO)C(=O)N2CCN(Cc3ccc4c(c3)OCO4)CC2)cc(OC)c1OC. The number of benzene rings is 2. The van der Waals surface area contributed by atoms with Crippen molar-refractivity contribution in [1.82, 2.24) is 15.1 Å². The van der Waals surface area contributed by atoms with Gasteiger partial charge in [0, 0.05) is 38.3 Å². The Hall–Kier alpha value is -3.70. The number of amides is 2. The van der Waals surface area contributed by atoms with E-state index in [1.807, 2.05) is 18.2 Å². The highest BCUT2D eigenvalue weighted by molar-refractivity contribution is 5.98. The highest BCUT2D eigenvalue weighted by Gasteiger charge is 2.29. The van der Waals surface area contributed by atoms with Crippen molar-refractivity contribution in [3.8, 4) is 28.7 Å². The summed E-state index contributed by atoms with van der Waals surface area (Å²) in [5.41, 5.74) is 1.31. The maximum absolute atomic E-state index is 13.1. The average molecular weight is 502 g/mol. The minimum absolute atomic E-state index is 0.212. The Morgan fingerprint density at radius 1 is 0.972 bits per heavy atom. The molecule has 0 aliphatic carbocycles. The first-order chi connectivity index (χ1) is 17.5. The summed E-state index contributed by atoms with van der Waals surface area (Å²) in [5, 5.41) is 12.5. The molecule has 2 aromatic carbocycles. The molecule has 2 amide bonds. The van der Waals surface area contributed by atoms with Crippen molar-refractivity contribution in [2.75, 3.05) is 60.9 Å². The number of carbonyl (C=O) groups is 2. The van der Waals surface area contributed by atoms with Crippen LogP contribution in [0.2, 0.25) is 0 Å². The van der Waals surface area contributed by atoms with E-state index in [2.05, 4.69) is 10.2 Å². The van der Waals surface area contributed by atoms with Crippen molar-refractivity contribution in [2.45, 2.75) is 12.6 Å². The maximum atomic E-state index is 13.1. The number of nitrogens with one attached hydrogen (secondary N) is 1. The first kappa shape index (κ1) is 25.4. The quantitative estimate of drug-likeness (QED) is 0.516. The smallest absolute Gasteiger partial charge is 0.252 e. The molecule has 2 aliphatic heterocycles. The van der Waals surface area contributed by atoms with Gasteiger partial charge in [0.25, 0.3) is 5.91 Å². The van der Waals surface area contributed by atoms with Crippen LogP contribution in [0.3, 0.4) is 0 Å². The van der Waals surface area contributed by atoms with E-state index in [1.54, 1.807) is 4.90 Å².